The van der Waals surface area contributed by atoms with Crippen molar-refractivity contribution in [1.29, 1.82) is 0 Å². The molecule has 1 aromatic heterocycles. The van der Waals surface area contributed by atoms with Crippen molar-refractivity contribution in [2.24, 2.45) is 0 Å². The van der Waals surface area contributed by atoms with E-state index < -0.39 is 0 Å². The molecule has 0 spiro atoms. The standard InChI is InChI=1S/C36H42N6O3/c1-39(2)22-33(44)42-26-10-11-27(42)21-40(20-26)34-30-12-9-25(31-19-28(43)17-24-7-3-4-8-29(24)31)18-32(30)37-35(38-34)45-23-36-13-5-15-41(36)16-6-14-36/h3-4,7-9,12,17-19,26-27,43H,5-6,10-11,13-16,20-23H2,1-2H3. The van der Waals surface area contributed by atoms with E-state index in [2.05, 4.69) is 39.0 Å². The van der Waals surface area contributed by atoms with Gasteiger partial charge in [-0.25, -0.2) is 0 Å². The Morgan fingerprint density at radius 2 is 1.73 bits per heavy atom. The Balaban J connectivity index is 1.18. The van der Waals surface area contributed by atoms with Gasteiger partial charge in [-0.3, -0.25) is 9.69 Å². The number of ether oxygens (including phenoxy) is 1. The summed E-state index contributed by atoms with van der Waals surface area (Å²) in [7, 11) is 3.91. The zero-order chi connectivity index (χ0) is 30.7. The fourth-order valence-corrected chi connectivity index (χ4v) is 8.59. The van der Waals surface area contributed by atoms with Crippen molar-refractivity contribution < 1.29 is 14.6 Å². The molecule has 45 heavy (non-hydrogen) atoms. The Morgan fingerprint density at radius 3 is 2.49 bits per heavy atom. The number of hydrogen-bond donors (Lipinski definition) is 1. The predicted molar refractivity (Wildman–Crippen MR) is 177 cm³/mol. The Labute approximate surface area is 264 Å². The van der Waals surface area contributed by atoms with Crippen molar-refractivity contribution in [1.82, 2.24) is 24.7 Å². The summed E-state index contributed by atoms with van der Waals surface area (Å²) in [4.78, 5) is 32.3. The number of hydrogen-bond acceptors (Lipinski definition) is 8. The highest BCUT2D eigenvalue weighted by atomic mass is 16.5. The minimum Gasteiger partial charge on any atom is -0.508 e. The fraction of sp³-hybridized carbons (Fsp3) is 0.472. The molecule has 2 atom stereocenters. The van der Waals surface area contributed by atoms with E-state index in [4.69, 9.17) is 14.7 Å². The average Bonchev–Trinajstić information content (AvgIpc) is 3.69. The lowest BCUT2D eigenvalue weighted by Gasteiger charge is -2.42. The monoisotopic (exact) mass is 606 g/mol. The third-order valence-corrected chi connectivity index (χ3v) is 10.6. The summed E-state index contributed by atoms with van der Waals surface area (Å²) in [6, 6.07) is 18.9. The van der Waals surface area contributed by atoms with E-state index in [0.717, 1.165) is 90.5 Å². The van der Waals surface area contributed by atoms with Crippen molar-refractivity contribution in [2.45, 2.75) is 56.1 Å². The van der Waals surface area contributed by atoms with Gasteiger partial charge in [0.1, 0.15) is 18.2 Å². The number of carbonyl (C=O) groups is 1. The number of carbonyl (C=O) groups excluding carboxylic acids is 1. The highest BCUT2D eigenvalue weighted by Gasteiger charge is 2.45. The molecule has 0 aliphatic carbocycles. The lowest BCUT2D eigenvalue weighted by Crippen LogP contribution is -2.57. The van der Waals surface area contributed by atoms with E-state index >= 15 is 0 Å². The molecule has 4 fully saturated rings. The van der Waals surface area contributed by atoms with Gasteiger partial charge in [0.25, 0.3) is 0 Å². The van der Waals surface area contributed by atoms with E-state index in [9.17, 15) is 9.90 Å². The largest absolute Gasteiger partial charge is 0.508 e. The zero-order valence-electron chi connectivity index (χ0n) is 26.3. The molecule has 3 aromatic carbocycles. The molecule has 1 N–H and O–H groups in total. The van der Waals surface area contributed by atoms with Crippen molar-refractivity contribution in [3.8, 4) is 22.9 Å². The summed E-state index contributed by atoms with van der Waals surface area (Å²) in [6.45, 7) is 4.83. The number of fused-ring (bicyclic) bond motifs is 5. The molecule has 5 heterocycles. The van der Waals surface area contributed by atoms with Crippen molar-refractivity contribution in [3.05, 3.63) is 54.6 Å². The van der Waals surface area contributed by atoms with Gasteiger partial charge in [0, 0.05) is 30.6 Å². The van der Waals surface area contributed by atoms with Gasteiger partial charge in [0.15, 0.2) is 0 Å². The van der Waals surface area contributed by atoms with Gasteiger partial charge in [-0.1, -0.05) is 30.3 Å². The van der Waals surface area contributed by atoms with Gasteiger partial charge in [-0.15, -0.1) is 0 Å². The summed E-state index contributed by atoms with van der Waals surface area (Å²) in [6.07, 6.45) is 6.78. The predicted octanol–water partition coefficient (Wildman–Crippen LogP) is 4.90. The number of benzene rings is 3. The second-order valence-electron chi connectivity index (χ2n) is 13.8. The van der Waals surface area contributed by atoms with E-state index in [-0.39, 0.29) is 29.3 Å². The first kappa shape index (κ1) is 28.5. The van der Waals surface area contributed by atoms with Crippen LogP contribution in [0.2, 0.25) is 0 Å². The number of aromatic nitrogens is 2. The van der Waals surface area contributed by atoms with E-state index in [0.29, 0.717) is 19.2 Å². The molecule has 2 unspecified atom stereocenters. The highest BCUT2D eigenvalue weighted by molar-refractivity contribution is 6.01. The van der Waals surface area contributed by atoms with Crippen LogP contribution < -0.4 is 9.64 Å². The Morgan fingerprint density at radius 1 is 0.978 bits per heavy atom. The summed E-state index contributed by atoms with van der Waals surface area (Å²) >= 11 is 0. The van der Waals surface area contributed by atoms with Gasteiger partial charge in [-0.2, -0.15) is 9.97 Å². The molecule has 0 saturated carbocycles. The number of aromatic hydroxyl groups is 1. The molecular formula is C36H42N6O3. The summed E-state index contributed by atoms with van der Waals surface area (Å²) < 4.78 is 6.54. The summed E-state index contributed by atoms with van der Waals surface area (Å²) in [5.74, 6) is 1.33. The Hall–Kier alpha value is -3.95. The number of piperazine rings is 1. The van der Waals surface area contributed by atoms with E-state index in [1.807, 2.05) is 43.3 Å². The molecule has 234 valence electrons. The number of likely N-dealkylation sites (N-methyl/N-ethyl adjacent to an activating group) is 1. The van der Waals surface area contributed by atoms with Gasteiger partial charge in [-0.05, 0) is 112 Å². The fourth-order valence-electron chi connectivity index (χ4n) is 8.59. The molecule has 4 aliphatic rings. The SMILES string of the molecule is CN(C)CC(=O)N1C2CCC1CN(c1nc(OCC34CCCN3CCC4)nc3cc(-c4cc(O)cc5ccccc45)ccc13)C2. The maximum Gasteiger partial charge on any atom is 0.319 e. The number of nitrogens with zero attached hydrogens (tertiary/aromatic N) is 6. The second kappa shape index (κ2) is 11.1. The number of rotatable bonds is 7. The van der Waals surface area contributed by atoms with E-state index in [1.165, 1.54) is 12.8 Å². The first-order valence-corrected chi connectivity index (χ1v) is 16.5. The van der Waals surface area contributed by atoms with Gasteiger partial charge >= 0.3 is 6.01 Å². The van der Waals surface area contributed by atoms with Crippen molar-refractivity contribution in [2.75, 3.05) is 58.3 Å². The summed E-state index contributed by atoms with van der Waals surface area (Å²) in [5, 5.41) is 13.6. The molecule has 8 rings (SSSR count). The average molecular weight is 607 g/mol. The highest BCUT2D eigenvalue weighted by Crippen LogP contribution is 2.41. The van der Waals surface area contributed by atoms with E-state index in [1.54, 1.807) is 6.07 Å². The zero-order valence-corrected chi connectivity index (χ0v) is 26.3. The molecular weight excluding hydrogens is 564 g/mol. The first-order chi connectivity index (χ1) is 21.9. The third kappa shape index (κ3) is 5.06. The second-order valence-corrected chi connectivity index (χ2v) is 13.8. The van der Waals surface area contributed by atoms with Crippen LogP contribution in [0, 0.1) is 0 Å². The third-order valence-electron chi connectivity index (χ3n) is 10.6. The summed E-state index contributed by atoms with van der Waals surface area (Å²) in [5.41, 5.74) is 2.87. The Bertz CT molecular complexity index is 1750. The van der Waals surface area contributed by atoms with Gasteiger partial charge < -0.3 is 24.5 Å². The molecule has 4 aliphatic heterocycles. The van der Waals surface area contributed by atoms with Crippen LogP contribution in [0.1, 0.15) is 38.5 Å². The van der Waals surface area contributed by atoms with Gasteiger partial charge in [0.05, 0.1) is 17.6 Å². The normalized spacial score (nSPS) is 22.6. The molecule has 0 radical (unpaired) electrons. The van der Waals surface area contributed by atoms with Crippen LogP contribution >= 0.6 is 0 Å². The lowest BCUT2D eigenvalue weighted by molar-refractivity contribution is -0.135. The number of phenolic OH excluding ortho intramolecular Hbond substituents is 1. The Kier molecular flexibility index (Phi) is 7.06. The van der Waals surface area contributed by atoms with Gasteiger partial charge in [0.2, 0.25) is 5.91 Å². The van der Waals surface area contributed by atoms with Crippen molar-refractivity contribution >= 4 is 33.4 Å². The van der Waals surface area contributed by atoms with Crippen LogP contribution in [-0.2, 0) is 4.79 Å². The number of anilines is 1. The van der Waals surface area contributed by atoms with Crippen LogP contribution in [-0.4, -0.2) is 107 Å². The lowest BCUT2D eigenvalue weighted by atomic mass is 9.95. The first-order valence-electron chi connectivity index (χ1n) is 16.5. The van der Waals surface area contributed by atoms with Crippen LogP contribution in [0.3, 0.4) is 0 Å². The minimum atomic E-state index is 0.0956. The number of phenols is 1. The quantitative estimate of drug-likeness (QED) is 0.318. The maximum absolute atomic E-state index is 13.2. The maximum atomic E-state index is 13.2. The number of amides is 1. The molecule has 9 heteroatoms. The van der Waals surface area contributed by atoms with Crippen LogP contribution in [0.25, 0.3) is 32.8 Å². The molecule has 4 aromatic rings. The minimum absolute atomic E-state index is 0.0956. The van der Waals surface area contributed by atoms with Crippen LogP contribution in [0.5, 0.6) is 11.8 Å². The topological polar surface area (TPSA) is 85.3 Å². The van der Waals surface area contributed by atoms with Crippen LogP contribution in [0.4, 0.5) is 5.82 Å². The van der Waals surface area contributed by atoms with Crippen molar-refractivity contribution in [3.63, 3.8) is 0 Å². The smallest absolute Gasteiger partial charge is 0.319 e. The molecule has 9 nitrogen and oxygen atoms in total. The molecule has 4 saturated heterocycles. The molecule has 2 bridgehead atoms. The van der Waals surface area contributed by atoms with Crippen LogP contribution in [0.15, 0.2) is 54.6 Å². The molecule has 1 amide bonds.